The summed E-state index contributed by atoms with van der Waals surface area (Å²) in [6, 6.07) is 25.5. The molecule has 0 aliphatic carbocycles. The van der Waals surface area contributed by atoms with Crippen molar-refractivity contribution >= 4 is 28.9 Å². The second kappa shape index (κ2) is 12.4. The molecule has 7 nitrogen and oxygen atoms in total. The molecule has 0 aliphatic rings. The summed E-state index contributed by atoms with van der Waals surface area (Å²) in [6.45, 7) is 4.32. The summed E-state index contributed by atoms with van der Waals surface area (Å²) in [7, 11) is 0. The van der Waals surface area contributed by atoms with Crippen molar-refractivity contribution < 1.29 is 23.8 Å². The van der Waals surface area contributed by atoms with Crippen LogP contribution in [-0.2, 0) is 11.2 Å². The second-order valence-corrected chi connectivity index (χ2v) is 8.12. The molecule has 7 heteroatoms. The number of benzene rings is 4. The van der Waals surface area contributed by atoms with Crippen LogP contribution in [-0.4, -0.2) is 31.3 Å². The lowest BCUT2D eigenvalue weighted by molar-refractivity contribution is -0.123. The fourth-order valence-electron chi connectivity index (χ4n) is 3.68. The zero-order valence-electron chi connectivity index (χ0n) is 20.8. The van der Waals surface area contributed by atoms with Gasteiger partial charge in [-0.25, -0.2) is 10.2 Å². The predicted molar refractivity (Wildman–Crippen MR) is 144 cm³/mol. The Morgan fingerprint density at radius 2 is 1.54 bits per heavy atom. The summed E-state index contributed by atoms with van der Waals surface area (Å²) in [5.74, 6) is 0.676. The zero-order valence-corrected chi connectivity index (χ0v) is 20.8. The Morgan fingerprint density at radius 1 is 0.838 bits per heavy atom. The molecule has 0 fully saturated rings. The number of carbonyl (C=O) groups excluding carboxylic acids is 2. The molecule has 0 aliphatic heterocycles. The van der Waals surface area contributed by atoms with Crippen molar-refractivity contribution in [3.63, 3.8) is 0 Å². The zero-order chi connectivity index (χ0) is 26.0. The maximum absolute atomic E-state index is 12.8. The minimum atomic E-state index is -0.514. The van der Waals surface area contributed by atoms with E-state index in [1.807, 2.05) is 61.5 Å². The maximum Gasteiger partial charge on any atom is 0.343 e. The van der Waals surface area contributed by atoms with Gasteiger partial charge in [0.05, 0.1) is 18.4 Å². The van der Waals surface area contributed by atoms with E-state index < -0.39 is 11.9 Å². The molecule has 0 saturated heterocycles. The highest BCUT2D eigenvalue weighted by atomic mass is 16.5. The second-order valence-electron chi connectivity index (χ2n) is 8.12. The summed E-state index contributed by atoms with van der Waals surface area (Å²) < 4.78 is 16.7. The number of ether oxygens (including phenoxy) is 3. The topological polar surface area (TPSA) is 86.2 Å². The van der Waals surface area contributed by atoms with Gasteiger partial charge in [-0.1, -0.05) is 49.4 Å². The van der Waals surface area contributed by atoms with Crippen LogP contribution in [0.15, 0.2) is 90.0 Å². The fourth-order valence-corrected chi connectivity index (χ4v) is 3.68. The van der Waals surface area contributed by atoms with Crippen LogP contribution in [0.4, 0.5) is 0 Å². The molecule has 0 bridgehead atoms. The van der Waals surface area contributed by atoms with Gasteiger partial charge in [-0.15, -0.1) is 0 Å². The molecule has 4 aromatic carbocycles. The molecule has 0 heterocycles. The summed E-state index contributed by atoms with van der Waals surface area (Å²) in [4.78, 5) is 25.1. The van der Waals surface area contributed by atoms with Crippen LogP contribution in [0.1, 0.15) is 35.3 Å². The summed E-state index contributed by atoms with van der Waals surface area (Å²) in [6.07, 6.45) is 2.40. The standard InChI is InChI=1S/C30H28N2O5/c1-3-21-9-14-25(15-10-21)36-20-29(33)32-31-19-27-26-8-6-5-7-22(26)13-18-28(27)37-30(34)23-11-16-24(17-12-23)35-4-2/h5-19H,3-4,20H2,1-2H3,(H,32,33)/b31-19+. The third-order valence-electron chi connectivity index (χ3n) is 5.62. The van der Waals surface area contributed by atoms with E-state index in [4.69, 9.17) is 14.2 Å². The van der Waals surface area contributed by atoms with E-state index in [0.717, 1.165) is 17.2 Å². The molecule has 0 aromatic heterocycles. The van der Waals surface area contributed by atoms with Gasteiger partial charge in [0.15, 0.2) is 6.61 Å². The first kappa shape index (κ1) is 25.4. The first-order chi connectivity index (χ1) is 18.1. The highest BCUT2D eigenvalue weighted by Gasteiger charge is 2.14. The summed E-state index contributed by atoms with van der Waals surface area (Å²) in [5, 5.41) is 5.86. The highest BCUT2D eigenvalue weighted by Crippen LogP contribution is 2.27. The Kier molecular flexibility index (Phi) is 8.49. The van der Waals surface area contributed by atoms with Crippen LogP contribution in [0.25, 0.3) is 10.8 Å². The maximum atomic E-state index is 12.8. The van der Waals surface area contributed by atoms with Gasteiger partial charge in [-0.05, 0) is 72.1 Å². The van der Waals surface area contributed by atoms with Crippen molar-refractivity contribution in [2.24, 2.45) is 5.10 Å². The minimum absolute atomic E-state index is 0.183. The summed E-state index contributed by atoms with van der Waals surface area (Å²) >= 11 is 0. The van der Waals surface area contributed by atoms with E-state index in [2.05, 4.69) is 17.5 Å². The lowest BCUT2D eigenvalue weighted by Gasteiger charge is -2.11. The van der Waals surface area contributed by atoms with Crippen LogP contribution < -0.4 is 19.6 Å². The molecule has 1 N–H and O–H groups in total. The number of nitrogens with one attached hydrogen (secondary N) is 1. The molecule has 4 aromatic rings. The fraction of sp³-hybridized carbons (Fsp3) is 0.167. The van der Waals surface area contributed by atoms with Crippen molar-refractivity contribution in [3.8, 4) is 17.2 Å². The Bertz CT molecular complexity index is 1400. The Morgan fingerprint density at radius 3 is 2.27 bits per heavy atom. The smallest absolute Gasteiger partial charge is 0.343 e. The van der Waals surface area contributed by atoms with Crippen LogP contribution in [0.5, 0.6) is 17.2 Å². The van der Waals surface area contributed by atoms with Crippen LogP contribution in [0.3, 0.4) is 0 Å². The van der Waals surface area contributed by atoms with Crippen LogP contribution >= 0.6 is 0 Å². The average molecular weight is 497 g/mol. The molecule has 0 saturated carbocycles. The molecular formula is C30H28N2O5. The Labute approximate surface area is 215 Å². The molecular weight excluding hydrogens is 468 g/mol. The van der Waals surface area contributed by atoms with Crippen molar-refractivity contribution in [1.29, 1.82) is 0 Å². The molecule has 0 unspecified atom stereocenters. The quantitative estimate of drug-likeness (QED) is 0.135. The van der Waals surface area contributed by atoms with Crippen molar-refractivity contribution in [2.45, 2.75) is 20.3 Å². The van der Waals surface area contributed by atoms with Gasteiger partial charge in [0.2, 0.25) is 0 Å². The predicted octanol–water partition coefficient (Wildman–Crippen LogP) is 5.55. The van der Waals surface area contributed by atoms with Gasteiger partial charge in [-0.2, -0.15) is 5.10 Å². The SMILES string of the molecule is CCOc1ccc(C(=O)Oc2ccc3ccccc3c2/C=N/NC(=O)COc2ccc(CC)cc2)cc1. The summed E-state index contributed by atoms with van der Waals surface area (Å²) in [5.41, 5.74) is 4.61. The van der Waals surface area contributed by atoms with E-state index in [-0.39, 0.29) is 6.61 Å². The van der Waals surface area contributed by atoms with E-state index in [0.29, 0.717) is 35.0 Å². The van der Waals surface area contributed by atoms with Gasteiger partial charge < -0.3 is 14.2 Å². The van der Waals surface area contributed by atoms with Crippen LogP contribution in [0, 0.1) is 0 Å². The van der Waals surface area contributed by atoms with Crippen molar-refractivity contribution in [3.05, 3.63) is 102 Å². The molecule has 0 radical (unpaired) electrons. The van der Waals surface area contributed by atoms with E-state index >= 15 is 0 Å². The van der Waals surface area contributed by atoms with E-state index in [9.17, 15) is 9.59 Å². The van der Waals surface area contributed by atoms with Gasteiger partial charge in [0, 0.05) is 5.56 Å². The largest absolute Gasteiger partial charge is 0.494 e. The molecule has 1 amide bonds. The number of hydrogen-bond acceptors (Lipinski definition) is 6. The number of aryl methyl sites for hydroxylation is 1. The van der Waals surface area contributed by atoms with Gasteiger partial charge in [0.25, 0.3) is 5.91 Å². The van der Waals surface area contributed by atoms with E-state index in [1.54, 1.807) is 30.3 Å². The number of rotatable bonds is 10. The Hall–Kier alpha value is -4.65. The first-order valence-electron chi connectivity index (χ1n) is 12.1. The van der Waals surface area contributed by atoms with Crippen molar-refractivity contribution in [1.82, 2.24) is 5.43 Å². The number of carbonyl (C=O) groups is 2. The van der Waals surface area contributed by atoms with Crippen molar-refractivity contribution in [2.75, 3.05) is 13.2 Å². The van der Waals surface area contributed by atoms with Crippen LogP contribution in [0.2, 0.25) is 0 Å². The molecule has 0 atom stereocenters. The number of nitrogens with zero attached hydrogens (tertiary/aromatic N) is 1. The molecule has 4 rings (SSSR count). The lowest BCUT2D eigenvalue weighted by atomic mass is 10.0. The van der Waals surface area contributed by atoms with E-state index in [1.165, 1.54) is 11.8 Å². The number of hydrogen-bond donors (Lipinski definition) is 1. The van der Waals surface area contributed by atoms with Gasteiger partial charge in [-0.3, -0.25) is 4.79 Å². The molecule has 188 valence electrons. The number of esters is 1. The minimum Gasteiger partial charge on any atom is -0.494 e. The monoisotopic (exact) mass is 496 g/mol. The highest BCUT2D eigenvalue weighted by molar-refractivity contribution is 6.04. The third-order valence-corrected chi connectivity index (χ3v) is 5.62. The average Bonchev–Trinajstić information content (AvgIpc) is 2.93. The first-order valence-corrected chi connectivity index (χ1v) is 12.1. The normalized spacial score (nSPS) is 10.9. The number of amides is 1. The third kappa shape index (κ3) is 6.73. The molecule has 37 heavy (non-hydrogen) atoms. The number of hydrazone groups is 1. The number of fused-ring (bicyclic) bond motifs is 1. The molecule has 0 spiro atoms. The lowest BCUT2D eigenvalue weighted by Crippen LogP contribution is -2.24. The van der Waals surface area contributed by atoms with Gasteiger partial charge in [0.1, 0.15) is 17.2 Å². The van der Waals surface area contributed by atoms with Gasteiger partial charge >= 0.3 is 5.97 Å². The Balaban J connectivity index is 1.46.